The molecular formula is C15H25N3O2S. The molecule has 1 aliphatic rings. The monoisotopic (exact) mass is 311 g/mol. The normalized spacial score (nSPS) is 17.1. The summed E-state index contributed by atoms with van der Waals surface area (Å²) in [5.41, 5.74) is 6.98. The molecule has 0 spiro atoms. The van der Waals surface area contributed by atoms with Crippen LogP contribution in [0.5, 0.6) is 0 Å². The molecule has 0 aliphatic carbocycles. The van der Waals surface area contributed by atoms with Crippen molar-refractivity contribution in [3.63, 3.8) is 0 Å². The maximum atomic E-state index is 12.2. The molecule has 0 saturated carbocycles. The van der Waals surface area contributed by atoms with Crippen LogP contribution in [0.2, 0.25) is 0 Å². The summed E-state index contributed by atoms with van der Waals surface area (Å²) >= 11 is 0. The van der Waals surface area contributed by atoms with Gasteiger partial charge in [-0.1, -0.05) is 19.8 Å². The fourth-order valence-corrected chi connectivity index (χ4v) is 3.97. The lowest BCUT2D eigenvalue weighted by Crippen LogP contribution is -2.35. The third-order valence-electron chi connectivity index (χ3n) is 4.19. The van der Waals surface area contributed by atoms with Crippen molar-refractivity contribution in [3.05, 3.63) is 18.2 Å². The first-order valence-electron chi connectivity index (χ1n) is 7.56. The number of benzene rings is 1. The Hall–Kier alpha value is -1.27. The highest BCUT2D eigenvalue weighted by Crippen LogP contribution is 2.31. The summed E-state index contributed by atoms with van der Waals surface area (Å²) in [6.45, 7) is 4.02. The first kappa shape index (κ1) is 16.1. The molecule has 1 heterocycles. The van der Waals surface area contributed by atoms with Crippen molar-refractivity contribution in [1.29, 1.82) is 0 Å². The summed E-state index contributed by atoms with van der Waals surface area (Å²) in [6, 6.07) is 5.13. The quantitative estimate of drug-likeness (QED) is 0.817. The van der Waals surface area contributed by atoms with Gasteiger partial charge in [0.1, 0.15) is 4.90 Å². The van der Waals surface area contributed by atoms with E-state index in [-0.39, 0.29) is 4.90 Å². The molecule has 0 atom stereocenters. The fourth-order valence-electron chi connectivity index (χ4n) is 2.99. The minimum absolute atomic E-state index is 0.277. The van der Waals surface area contributed by atoms with E-state index in [0.29, 0.717) is 5.69 Å². The second kappa shape index (κ2) is 6.66. The van der Waals surface area contributed by atoms with Gasteiger partial charge in [0.2, 0.25) is 10.0 Å². The van der Waals surface area contributed by atoms with Gasteiger partial charge in [0.15, 0.2) is 0 Å². The van der Waals surface area contributed by atoms with Crippen molar-refractivity contribution < 1.29 is 8.42 Å². The van der Waals surface area contributed by atoms with E-state index in [1.807, 2.05) is 6.07 Å². The van der Waals surface area contributed by atoms with Crippen LogP contribution in [-0.2, 0) is 10.0 Å². The SMILES string of the molecule is CCCC1CCN(c2ccc(N)cc2S(=O)(=O)NC)CC1. The largest absolute Gasteiger partial charge is 0.399 e. The highest BCUT2D eigenvalue weighted by Gasteiger charge is 2.24. The maximum Gasteiger partial charge on any atom is 0.242 e. The van der Waals surface area contributed by atoms with Crippen molar-refractivity contribution in [2.45, 2.75) is 37.5 Å². The number of nitrogens with zero attached hydrogens (tertiary/aromatic N) is 1. The van der Waals surface area contributed by atoms with Crippen LogP contribution in [0.3, 0.4) is 0 Å². The Morgan fingerprint density at radius 2 is 2.00 bits per heavy atom. The smallest absolute Gasteiger partial charge is 0.242 e. The number of anilines is 2. The van der Waals surface area contributed by atoms with Crippen LogP contribution in [-0.4, -0.2) is 28.6 Å². The molecular weight excluding hydrogens is 286 g/mol. The van der Waals surface area contributed by atoms with Gasteiger partial charge in [-0.05, 0) is 44.0 Å². The molecule has 118 valence electrons. The summed E-state index contributed by atoms with van der Waals surface area (Å²) in [5.74, 6) is 0.768. The van der Waals surface area contributed by atoms with E-state index in [0.717, 1.165) is 37.5 Å². The van der Waals surface area contributed by atoms with Crippen LogP contribution in [0, 0.1) is 5.92 Å². The van der Waals surface area contributed by atoms with Crippen molar-refractivity contribution >= 4 is 21.4 Å². The van der Waals surface area contributed by atoms with Crippen molar-refractivity contribution in [2.24, 2.45) is 5.92 Å². The lowest BCUT2D eigenvalue weighted by molar-refractivity contribution is 0.377. The zero-order chi connectivity index (χ0) is 15.5. The standard InChI is InChI=1S/C15H25N3O2S/c1-3-4-12-7-9-18(10-8-12)14-6-5-13(16)11-15(14)21(19,20)17-2/h5-6,11-12,17H,3-4,7-10,16H2,1-2H3. The number of nitrogens with two attached hydrogens (primary N) is 1. The van der Waals surface area contributed by atoms with Gasteiger partial charge in [0.25, 0.3) is 0 Å². The number of hydrogen-bond acceptors (Lipinski definition) is 4. The van der Waals surface area contributed by atoms with E-state index < -0.39 is 10.0 Å². The van der Waals surface area contributed by atoms with Crippen LogP contribution >= 0.6 is 0 Å². The fraction of sp³-hybridized carbons (Fsp3) is 0.600. The molecule has 0 unspecified atom stereocenters. The summed E-state index contributed by atoms with van der Waals surface area (Å²) in [6.07, 6.45) is 4.72. The zero-order valence-corrected chi connectivity index (χ0v) is 13.6. The predicted molar refractivity (Wildman–Crippen MR) is 86.9 cm³/mol. The van der Waals surface area contributed by atoms with Gasteiger partial charge in [-0.15, -0.1) is 0 Å². The van der Waals surface area contributed by atoms with E-state index in [1.54, 1.807) is 12.1 Å². The molecule has 1 saturated heterocycles. The maximum absolute atomic E-state index is 12.2. The molecule has 1 aliphatic heterocycles. The number of sulfonamides is 1. The molecule has 1 aromatic rings. The van der Waals surface area contributed by atoms with Crippen LogP contribution in [0.1, 0.15) is 32.6 Å². The average molecular weight is 311 g/mol. The third-order valence-corrected chi connectivity index (χ3v) is 5.64. The van der Waals surface area contributed by atoms with Gasteiger partial charge in [-0.3, -0.25) is 0 Å². The van der Waals surface area contributed by atoms with Gasteiger partial charge in [0, 0.05) is 18.8 Å². The van der Waals surface area contributed by atoms with Crippen LogP contribution < -0.4 is 15.4 Å². The number of hydrogen-bond donors (Lipinski definition) is 2. The van der Waals surface area contributed by atoms with Crippen LogP contribution in [0.4, 0.5) is 11.4 Å². The average Bonchev–Trinajstić information content (AvgIpc) is 2.48. The van der Waals surface area contributed by atoms with Crippen molar-refractivity contribution in [2.75, 3.05) is 30.8 Å². The second-order valence-corrected chi connectivity index (χ2v) is 7.51. The van der Waals surface area contributed by atoms with Gasteiger partial charge < -0.3 is 10.6 Å². The Morgan fingerprint density at radius 3 is 2.57 bits per heavy atom. The Morgan fingerprint density at radius 1 is 1.33 bits per heavy atom. The van der Waals surface area contributed by atoms with Crippen LogP contribution in [0.15, 0.2) is 23.1 Å². The predicted octanol–water partition coefficient (Wildman–Crippen LogP) is 2.19. The van der Waals surface area contributed by atoms with Crippen molar-refractivity contribution in [3.8, 4) is 0 Å². The lowest BCUT2D eigenvalue weighted by Gasteiger charge is -2.34. The lowest BCUT2D eigenvalue weighted by atomic mass is 9.92. The Balaban J connectivity index is 2.25. The molecule has 5 nitrogen and oxygen atoms in total. The Kier molecular flexibility index (Phi) is 5.11. The van der Waals surface area contributed by atoms with Crippen molar-refractivity contribution in [1.82, 2.24) is 4.72 Å². The minimum Gasteiger partial charge on any atom is -0.399 e. The van der Waals surface area contributed by atoms with E-state index >= 15 is 0 Å². The molecule has 0 aromatic heterocycles. The first-order valence-corrected chi connectivity index (χ1v) is 9.04. The second-order valence-electron chi connectivity index (χ2n) is 5.65. The van der Waals surface area contributed by atoms with Gasteiger partial charge in [0.05, 0.1) is 5.69 Å². The van der Waals surface area contributed by atoms with Gasteiger partial charge in [-0.2, -0.15) is 0 Å². The topological polar surface area (TPSA) is 75.4 Å². The molecule has 0 radical (unpaired) electrons. The van der Waals surface area contributed by atoms with Gasteiger partial charge >= 0.3 is 0 Å². The molecule has 1 aromatic carbocycles. The molecule has 2 rings (SSSR count). The zero-order valence-electron chi connectivity index (χ0n) is 12.8. The number of piperidine rings is 1. The highest BCUT2D eigenvalue weighted by molar-refractivity contribution is 7.89. The number of nitrogen functional groups attached to an aromatic ring is 1. The first-order chi connectivity index (χ1) is 9.97. The molecule has 0 amide bonds. The molecule has 21 heavy (non-hydrogen) atoms. The minimum atomic E-state index is -3.50. The Bertz CT molecular complexity index is 579. The number of nitrogens with one attached hydrogen (secondary N) is 1. The molecule has 0 bridgehead atoms. The van der Waals surface area contributed by atoms with E-state index in [1.165, 1.54) is 19.9 Å². The third kappa shape index (κ3) is 3.68. The summed E-state index contributed by atoms with van der Waals surface area (Å²) in [7, 11) is -2.07. The van der Waals surface area contributed by atoms with E-state index in [4.69, 9.17) is 5.73 Å². The summed E-state index contributed by atoms with van der Waals surface area (Å²) in [5, 5.41) is 0. The summed E-state index contributed by atoms with van der Waals surface area (Å²) in [4.78, 5) is 2.44. The van der Waals surface area contributed by atoms with Crippen LogP contribution in [0.25, 0.3) is 0 Å². The van der Waals surface area contributed by atoms with E-state index in [2.05, 4.69) is 16.5 Å². The van der Waals surface area contributed by atoms with Gasteiger partial charge in [-0.25, -0.2) is 13.1 Å². The molecule has 1 fully saturated rings. The number of rotatable bonds is 5. The summed E-state index contributed by atoms with van der Waals surface area (Å²) < 4.78 is 26.8. The van der Waals surface area contributed by atoms with E-state index in [9.17, 15) is 8.42 Å². The molecule has 6 heteroatoms. The molecule has 3 N–H and O–H groups in total. The highest BCUT2D eigenvalue weighted by atomic mass is 32.2. The Labute approximate surface area is 127 Å².